The summed E-state index contributed by atoms with van der Waals surface area (Å²) >= 11 is 0. The van der Waals surface area contributed by atoms with E-state index in [1.807, 2.05) is 25.1 Å². The highest BCUT2D eigenvalue weighted by molar-refractivity contribution is 5.72. The third kappa shape index (κ3) is 9.88. The summed E-state index contributed by atoms with van der Waals surface area (Å²) in [6.45, 7) is 6.41. The van der Waals surface area contributed by atoms with Gasteiger partial charge in [0, 0.05) is 6.42 Å². The maximum Gasteiger partial charge on any atom is 0.311 e. The molecule has 0 amide bonds. The van der Waals surface area contributed by atoms with E-state index in [0.717, 1.165) is 6.42 Å². The van der Waals surface area contributed by atoms with Crippen molar-refractivity contribution in [3.63, 3.8) is 0 Å². The Bertz CT molecular complexity index is 289. The van der Waals surface area contributed by atoms with E-state index >= 15 is 0 Å². The molecule has 2 nitrogen and oxygen atoms in total. The van der Waals surface area contributed by atoms with Gasteiger partial charge >= 0.3 is 5.97 Å². The molecule has 0 fully saturated rings. The van der Waals surface area contributed by atoms with Crippen LogP contribution in [0.5, 0.6) is 5.75 Å². The van der Waals surface area contributed by atoms with Crippen LogP contribution < -0.4 is 4.74 Å². The summed E-state index contributed by atoms with van der Waals surface area (Å²) in [5.41, 5.74) is 0. The highest BCUT2D eigenvalue weighted by Crippen LogP contribution is 2.09. The van der Waals surface area contributed by atoms with E-state index < -0.39 is 0 Å². The van der Waals surface area contributed by atoms with Crippen LogP contribution in [0.3, 0.4) is 0 Å². The number of hydrogen-bond donors (Lipinski definition) is 0. The van der Waals surface area contributed by atoms with Gasteiger partial charge in [0.1, 0.15) is 5.75 Å². The molecule has 0 aliphatic heterocycles. The zero-order valence-corrected chi connectivity index (χ0v) is 11.9. The molecule has 0 bridgehead atoms. The first-order valence-electron chi connectivity index (χ1n) is 7.00. The Morgan fingerprint density at radius 3 is 1.94 bits per heavy atom. The summed E-state index contributed by atoms with van der Waals surface area (Å²) in [7, 11) is 0. The van der Waals surface area contributed by atoms with Crippen molar-refractivity contribution in [1.82, 2.24) is 0 Å². The number of esters is 1. The average molecular weight is 250 g/mol. The van der Waals surface area contributed by atoms with Gasteiger partial charge in [0.05, 0.1) is 0 Å². The molecule has 0 saturated heterocycles. The van der Waals surface area contributed by atoms with E-state index in [2.05, 4.69) is 13.8 Å². The molecular weight excluding hydrogens is 224 g/mol. The van der Waals surface area contributed by atoms with Crippen molar-refractivity contribution in [2.24, 2.45) is 0 Å². The number of ether oxygens (including phenoxy) is 1. The first-order chi connectivity index (χ1) is 8.74. The SMILES string of the molecule is CCCC(=O)Oc1ccccc1.CCCCCC. The largest absolute Gasteiger partial charge is 0.427 e. The normalized spacial score (nSPS) is 9.28. The predicted octanol–water partition coefficient (Wildman–Crippen LogP) is 4.98. The maximum absolute atomic E-state index is 11.0. The van der Waals surface area contributed by atoms with E-state index in [1.165, 1.54) is 25.7 Å². The third-order valence-corrected chi connectivity index (χ3v) is 2.39. The highest BCUT2D eigenvalue weighted by Gasteiger charge is 2.00. The minimum absolute atomic E-state index is 0.163. The standard InChI is InChI=1S/C10H12O2.C6H14/c1-2-6-10(11)12-9-7-4-3-5-8-9;1-3-5-6-4-2/h3-5,7-8H,2,6H2,1H3;3-6H2,1-2H3. The molecule has 0 aliphatic carbocycles. The zero-order chi connectivity index (χ0) is 13.6. The monoisotopic (exact) mass is 250 g/mol. The zero-order valence-electron chi connectivity index (χ0n) is 11.9. The van der Waals surface area contributed by atoms with Crippen LogP contribution in [0.25, 0.3) is 0 Å². The van der Waals surface area contributed by atoms with Crippen LogP contribution in [0, 0.1) is 0 Å². The van der Waals surface area contributed by atoms with Crippen LogP contribution in [0.2, 0.25) is 0 Å². The van der Waals surface area contributed by atoms with Crippen molar-refractivity contribution in [2.45, 2.75) is 59.3 Å². The lowest BCUT2D eigenvalue weighted by Crippen LogP contribution is -2.06. The lowest BCUT2D eigenvalue weighted by atomic mass is 10.2. The molecule has 0 N–H and O–H groups in total. The lowest BCUT2D eigenvalue weighted by Gasteiger charge is -2.01. The van der Waals surface area contributed by atoms with Crippen molar-refractivity contribution in [3.05, 3.63) is 30.3 Å². The summed E-state index contributed by atoms with van der Waals surface area (Å²) in [6, 6.07) is 9.11. The summed E-state index contributed by atoms with van der Waals surface area (Å²) in [5.74, 6) is 0.458. The first-order valence-corrected chi connectivity index (χ1v) is 7.00. The molecule has 0 heterocycles. The molecular formula is C16H26O2. The van der Waals surface area contributed by atoms with Crippen LogP contribution >= 0.6 is 0 Å². The fourth-order valence-electron chi connectivity index (χ4n) is 1.38. The average Bonchev–Trinajstić information content (AvgIpc) is 2.38. The topological polar surface area (TPSA) is 26.3 Å². The number of hydrogen-bond acceptors (Lipinski definition) is 2. The fourth-order valence-corrected chi connectivity index (χ4v) is 1.38. The number of benzene rings is 1. The molecule has 0 aliphatic rings. The van der Waals surface area contributed by atoms with Crippen molar-refractivity contribution in [2.75, 3.05) is 0 Å². The Morgan fingerprint density at radius 2 is 1.50 bits per heavy atom. The maximum atomic E-state index is 11.0. The van der Waals surface area contributed by atoms with Crippen molar-refractivity contribution >= 4 is 5.97 Å². The molecule has 0 saturated carbocycles. The Balaban J connectivity index is 0.000000411. The second-order valence-corrected chi connectivity index (χ2v) is 4.24. The van der Waals surface area contributed by atoms with Gasteiger partial charge in [-0.3, -0.25) is 4.79 Å². The van der Waals surface area contributed by atoms with Crippen LogP contribution in [-0.2, 0) is 4.79 Å². The predicted molar refractivity (Wildman–Crippen MR) is 76.8 cm³/mol. The molecule has 0 unspecified atom stereocenters. The summed E-state index contributed by atoms with van der Waals surface area (Å²) in [6.07, 6.45) is 6.84. The Labute approximate surface area is 111 Å². The molecule has 1 rings (SSSR count). The number of unbranched alkanes of at least 4 members (excludes halogenated alkanes) is 3. The molecule has 1 aromatic rings. The summed E-state index contributed by atoms with van der Waals surface area (Å²) in [5, 5.41) is 0. The fraction of sp³-hybridized carbons (Fsp3) is 0.562. The van der Waals surface area contributed by atoms with Gasteiger partial charge in [0.25, 0.3) is 0 Å². The minimum atomic E-state index is -0.163. The smallest absolute Gasteiger partial charge is 0.311 e. The van der Waals surface area contributed by atoms with Crippen molar-refractivity contribution in [3.8, 4) is 5.75 Å². The van der Waals surface area contributed by atoms with Gasteiger partial charge in [0.2, 0.25) is 0 Å². The van der Waals surface area contributed by atoms with Crippen LogP contribution in [0.15, 0.2) is 30.3 Å². The quantitative estimate of drug-likeness (QED) is 0.404. The lowest BCUT2D eigenvalue weighted by molar-refractivity contribution is -0.134. The summed E-state index contributed by atoms with van der Waals surface area (Å²) in [4.78, 5) is 11.0. The Morgan fingerprint density at radius 1 is 0.944 bits per heavy atom. The Kier molecular flexibility index (Phi) is 11.3. The highest BCUT2D eigenvalue weighted by atomic mass is 16.5. The number of rotatable bonds is 6. The first kappa shape index (κ1) is 16.7. The van der Waals surface area contributed by atoms with Crippen LogP contribution in [0.4, 0.5) is 0 Å². The molecule has 2 heteroatoms. The van der Waals surface area contributed by atoms with E-state index in [0.29, 0.717) is 12.2 Å². The minimum Gasteiger partial charge on any atom is -0.427 e. The Hall–Kier alpha value is -1.31. The molecule has 0 aromatic heterocycles. The van der Waals surface area contributed by atoms with Crippen molar-refractivity contribution < 1.29 is 9.53 Å². The molecule has 102 valence electrons. The molecule has 0 spiro atoms. The number of carbonyl (C=O) groups excluding carboxylic acids is 1. The van der Waals surface area contributed by atoms with Crippen LogP contribution in [0.1, 0.15) is 59.3 Å². The second kappa shape index (κ2) is 12.2. The van der Waals surface area contributed by atoms with Gasteiger partial charge in [-0.25, -0.2) is 0 Å². The second-order valence-electron chi connectivity index (χ2n) is 4.24. The molecule has 0 atom stereocenters. The van der Waals surface area contributed by atoms with Gasteiger partial charge in [-0.15, -0.1) is 0 Å². The number of carbonyl (C=O) groups is 1. The molecule has 0 radical (unpaired) electrons. The van der Waals surface area contributed by atoms with E-state index in [1.54, 1.807) is 12.1 Å². The van der Waals surface area contributed by atoms with E-state index in [9.17, 15) is 4.79 Å². The van der Waals surface area contributed by atoms with E-state index in [4.69, 9.17) is 4.74 Å². The van der Waals surface area contributed by atoms with E-state index in [-0.39, 0.29) is 5.97 Å². The molecule has 18 heavy (non-hydrogen) atoms. The number of para-hydroxylation sites is 1. The van der Waals surface area contributed by atoms with Crippen molar-refractivity contribution in [1.29, 1.82) is 0 Å². The third-order valence-electron chi connectivity index (χ3n) is 2.39. The van der Waals surface area contributed by atoms with Crippen LogP contribution in [-0.4, -0.2) is 5.97 Å². The molecule has 1 aromatic carbocycles. The van der Waals surface area contributed by atoms with Gasteiger partial charge in [-0.1, -0.05) is 64.7 Å². The van der Waals surface area contributed by atoms with Gasteiger partial charge in [-0.2, -0.15) is 0 Å². The summed E-state index contributed by atoms with van der Waals surface area (Å²) < 4.78 is 5.02. The van der Waals surface area contributed by atoms with Gasteiger partial charge < -0.3 is 4.74 Å². The van der Waals surface area contributed by atoms with Gasteiger partial charge in [-0.05, 0) is 18.6 Å². The van der Waals surface area contributed by atoms with Gasteiger partial charge in [0.15, 0.2) is 0 Å².